The third kappa shape index (κ3) is 3.88. The Hall–Kier alpha value is -4.35. The fourth-order valence-corrected chi connectivity index (χ4v) is 4.96. The van der Waals surface area contributed by atoms with Crippen molar-refractivity contribution in [1.82, 2.24) is 20.3 Å². The van der Waals surface area contributed by atoms with Crippen LogP contribution in [0, 0.1) is 11.6 Å². The average molecular weight is 523 g/mol. The molecule has 3 amide bonds. The average Bonchev–Trinajstić information content (AvgIpc) is 3.60. The van der Waals surface area contributed by atoms with Crippen molar-refractivity contribution in [3.05, 3.63) is 99.8 Å². The zero-order valence-corrected chi connectivity index (χ0v) is 19.6. The highest BCUT2D eigenvalue weighted by molar-refractivity contribution is 6.31. The number of urea groups is 1. The number of carbonyl (C=O) groups excluding carboxylic acids is 2. The van der Waals surface area contributed by atoms with Crippen molar-refractivity contribution in [1.29, 1.82) is 0 Å². The minimum Gasteiger partial charge on any atom is -0.386 e. The third-order valence-electron chi connectivity index (χ3n) is 6.37. The van der Waals surface area contributed by atoms with Gasteiger partial charge in [0.05, 0.1) is 48.1 Å². The number of nitrogens with zero attached hydrogens (tertiary/aromatic N) is 4. The Balaban J connectivity index is 1.46. The van der Waals surface area contributed by atoms with Crippen LogP contribution < -0.4 is 15.5 Å². The molecule has 12 heteroatoms. The van der Waals surface area contributed by atoms with Crippen LogP contribution in [0.1, 0.15) is 39.2 Å². The first kappa shape index (κ1) is 23.1. The summed E-state index contributed by atoms with van der Waals surface area (Å²) in [4.78, 5) is 29.0. The van der Waals surface area contributed by atoms with Crippen molar-refractivity contribution < 1.29 is 23.5 Å². The molecule has 0 saturated carbocycles. The lowest BCUT2D eigenvalue weighted by Crippen LogP contribution is -2.34. The molecule has 0 radical (unpaired) electrons. The van der Waals surface area contributed by atoms with Crippen LogP contribution in [0.15, 0.2) is 60.9 Å². The number of halogens is 3. The molecule has 37 heavy (non-hydrogen) atoms. The van der Waals surface area contributed by atoms with Crippen molar-refractivity contribution >= 4 is 34.9 Å². The van der Waals surface area contributed by atoms with Gasteiger partial charge in [0.15, 0.2) is 0 Å². The molecule has 3 aromatic carbocycles. The summed E-state index contributed by atoms with van der Waals surface area (Å²) < 4.78 is 27.8. The molecular formula is C25H17ClF2N6O3. The minimum atomic E-state index is -1.07. The molecule has 3 heterocycles. The Morgan fingerprint density at radius 1 is 1.05 bits per heavy atom. The third-order valence-corrected chi connectivity index (χ3v) is 6.72. The number of aliphatic hydroxyl groups excluding tert-OH is 1. The monoisotopic (exact) mass is 522 g/mol. The summed E-state index contributed by atoms with van der Waals surface area (Å²) in [5, 5.41) is 24.4. The lowest BCUT2D eigenvalue weighted by molar-refractivity contribution is 0.0960. The molecular weight excluding hydrogens is 506 g/mol. The van der Waals surface area contributed by atoms with E-state index >= 15 is 0 Å². The van der Waals surface area contributed by atoms with Crippen LogP contribution in [0.25, 0.3) is 5.69 Å². The van der Waals surface area contributed by atoms with Crippen LogP contribution in [-0.2, 0) is 0 Å². The highest BCUT2D eigenvalue weighted by atomic mass is 35.5. The van der Waals surface area contributed by atoms with Gasteiger partial charge in [-0.05, 0) is 48.5 Å². The number of hydrogen-bond donors (Lipinski definition) is 3. The van der Waals surface area contributed by atoms with E-state index in [0.717, 1.165) is 0 Å². The van der Waals surface area contributed by atoms with E-state index in [4.69, 9.17) is 11.6 Å². The lowest BCUT2D eigenvalue weighted by Gasteiger charge is -2.22. The molecule has 1 aromatic heterocycles. The summed E-state index contributed by atoms with van der Waals surface area (Å²) in [7, 11) is 0. The molecule has 0 unspecified atom stereocenters. The number of β-amino-alcohol motifs (C(OH)–C–C–N with tert-alkyl or cyclic N) is 1. The molecule has 0 aliphatic carbocycles. The van der Waals surface area contributed by atoms with Crippen LogP contribution in [0.5, 0.6) is 0 Å². The van der Waals surface area contributed by atoms with Gasteiger partial charge in [0, 0.05) is 27.3 Å². The van der Waals surface area contributed by atoms with Gasteiger partial charge in [-0.2, -0.15) is 15.0 Å². The van der Waals surface area contributed by atoms with Crippen molar-refractivity contribution in [2.75, 3.05) is 16.8 Å². The first-order valence-electron chi connectivity index (χ1n) is 11.2. The number of amides is 3. The van der Waals surface area contributed by atoms with Gasteiger partial charge in [-0.15, -0.1) is 0 Å². The van der Waals surface area contributed by atoms with Crippen molar-refractivity contribution in [2.24, 2.45) is 0 Å². The standard InChI is InChI=1S/C25H17ClF2N6O3/c26-18-3-1-12(27)7-15(18)23-22-17(24(36)32-23)9-14(34-29-5-6-30-34)10-19(22)31-25(37)33-11-21(35)16-8-13(28)2-4-20(16)33/h1-10,21,23,35H,11H2,(H,31,37)(H,32,36)/t21-,23-/m0/s1. The number of nitrogens with one attached hydrogen (secondary N) is 2. The molecule has 2 aliphatic rings. The summed E-state index contributed by atoms with van der Waals surface area (Å²) in [6, 6.07) is 9.26. The summed E-state index contributed by atoms with van der Waals surface area (Å²) in [6.07, 6.45) is 1.86. The fourth-order valence-electron chi connectivity index (χ4n) is 4.74. The van der Waals surface area contributed by atoms with Gasteiger partial charge in [0.2, 0.25) is 0 Å². The maximum absolute atomic E-state index is 14.1. The van der Waals surface area contributed by atoms with Crippen molar-refractivity contribution in [3.63, 3.8) is 0 Å². The SMILES string of the molecule is O=C1N[C@@H](c2cc(F)ccc2Cl)c2c(NC(=O)N3C[C@H](O)c4cc(F)ccc43)cc(-n3nccn3)cc21. The minimum absolute atomic E-state index is 0.0937. The van der Waals surface area contributed by atoms with Crippen LogP contribution >= 0.6 is 11.6 Å². The number of aliphatic hydroxyl groups is 1. The van der Waals surface area contributed by atoms with Crippen LogP contribution in [0.3, 0.4) is 0 Å². The van der Waals surface area contributed by atoms with Gasteiger partial charge in [-0.3, -0.25) is 9.69 Å². The van der Waals surface area contributed by atoms with Gasteiger partial charge in [-0.1, -0.05) is 11.6 Å². The zero-order valence-electron chi connectivity index (χ0n) is 18.8. The predicted molar refractivity (Wildman–Crippen MR) is 130 cm³/mol. The molecule has 3 N–H and O–H groups in total. The second kappa shape index (κ2) is 8.64. The summed E-state index contributed by atoms with van der Waals surface area (Å²) >= 11 is 6.35. The molecule has 0 spiro atoms. The smallest absolute Gasteiger partial charge is 0.326 e. The van der Waals surface area contributed by atoms with E-state index in [9.17, 15) is 23.5 Å². The van der Waals surface area contributed by atoms with E-state index in [2.05, 4.69) is 20.8 Å². The normalized spacial score (nSPS) is 17.9. The van der Waals surface area contributed by atoms with Gasteiger partial charge in [-0.25, -0.2) is 13.6 Å². The topological polar surface area (TPSA) is 112 Å². The number of aromatic nitrogens is 3. The fraction of sp³-hybridized carbons (Fsp3) is 0.120. The summed E-state index contributed by atoms with van der Waals surface area (Å²) in [6.45, 7) is -0.0937. The molecule has 6 rings (SSSR count). The van der Waals surface area contributed by atoms with E-state index in [0.29, 0.717) is 22.5 Å². The van der Waals surface area contributed by atoms with Crippen LogP contribution in [-0.4, -0.2) is 38.6 Å². The Labute approximate surface area is 213 Å². The highest BCUT2D eigenvalue weighted by Gasteiger charge is 2.37. The quantitative estimate of drug-likeness (QED) is 0.375. The van der Waals surface area contributed by atoms with Crippen LogP contribution in [0.4, 0.5) is 25.0 Å². The Morgan fingerprint density at radius 2 is 1.76 bits per heavy atom. The number of rotatable bonds is 3. The second-order valence-electron chi connectivity index (χ2n) is 8.61. The molecule has 2 aliphatic heterocycles. The number of fused-ring (bicyclic) bond motifs is 2. The Morgan fingerprint density at radius 3 is 2.51 bits per heavy atom. The van der Waals surface area contributed by atoms with Gasteiger partial charge < -0.3 is 15.7 Å². The van der Waals surface area contributed by atoms with E-state index in [1.165, 1.54) is 58.5 Å². The first-order valence-corrected chi connectivity index (χ1v) is 11.5. The van der Waals surface area contributed by atoms with Gasteiger partial charge >= 0.3 is 6.03 Å². The molecule has 0 bridgehead atoms. The summed E-state index contributed by atoms with van der Waals surface area (Å²) in [5.41, 5.74) is 2.17. The Kier molecular flexibility index (Phi) is 5.39. The maximum atomic E-state index is 14.1. The number of carbonyl (C=O) groups is 2. The van der Waals surface area contributed by atoms with Crippen LogP contribution in [0.2, 0.25) is 5.02 Å². The van der Waals surface area contributed by atoms with E-state index in [1.54, 1.807) is 12.1 Å². The second-order valence-corrected chi connectivity index (χ2v) is 9.01. The van der Waals surface area contributed by atoms with E-state index in [1.807, 2.05) is 0 Å². The van der Waals surface area contributed by atoms with Gasteiger partial charge in [0.1, 0.15) is 11.6 Å². The van der Waals surface area contributed by atoms with Gasteiger partial charge in [0.25, 0.3) is 5.91 Å². The first-order chi connectivity index (χ1) is 17.8. The summed E-state index contributed by atoms with van der Waals surface area (Å²) in [5.74, 6) is -1.53. The molecule has 0 fully saturated rings. The number of benzene rings is 3. The number of anilines is 2. The molecule has 9 nitrogen and oxygen atoms in total. The maximum Gasteiger partial charge on any atom is 0.326 e. The zero-order chi connectivity index (χ0) is 25.8. The number of hydrogen-bond acceptors (Lipinski definition) is 5. The highest BCUT2D eigenvalue weighted by Crippen LogP contribution is 2.41. The van der Waals surface area contributed by atoms with Crippen molar-refractivity contribution in [2.45, 2.75) is 12.1 Å². The predicted octanol–water partition coefficient (Wildman–Crippen LogP) is 4.12. The largest absolute Gasteiger partial charge is 0.386 e. The molecule has 186 valence electrons. The molecule has 0 saturated heterocycles. The molecule has 2 atom stereocenters. The van der Waals surface area contributed by atoms with E-state index in [-0.39, 0.29) is 28.4 Å². The molecule has 4 aromatic rings. The lowest BCUT2D eigenvalue weighted by atomic mass is 9.95. The Bertz CT molecular complexity index is 1580. The van der Waals surface area contributed by atoms with E-state index < -0.39 is 35.7 Å². The van der Waals surface area contributed by atoms with Crippen molar-refractivity contribution in [3.8, 4) is 5.69 Å².